The Bertz CT molecular complexity index is 1160. The van der Waals surface area contributed by atoms with Gasteiger partial charge in [0.15, 0.2) is 9.84 Å². The quantitative estimate of drug-likeness (QED) is 0.598. The Morgan fingerprint density at radius 2 is 1.68 bits per heavy atom. The molecule has 0 aliphatic heterocycles. The van der Waals surface area contributed by atoms with E-state index in [0.29, 0.717) is 17.2 Å². The molecule has 3 rings (SSSR count). The van der Waals surface area contributed by atoms with Gasteiger partial charge in [0, 0.05) is 18.1 Å². The molecule has 0 saturated heterocycles. The molecule has 2 aromatic carbocycles. The van der Waals surface area contributed by atoms with Crippen LogP contribution in [0.25, 0.3) is 16.8 Å². The van der Waals surface area contributed by atoms with Crippen LogP contribution >= 0.6 is 0 Å². The zero-order valence-electron chi connectivity index (χ0n) is 18.3. The van der Waals surface area contributed by atoms with Crippen molar-refractivity contribution < 1.29 is 23.4 Å². The predicted molar refractivity (Wildman–Crippen MR) is 120 cm³/mol. The lowest BCUT2D eigenvalue weighted by molar-refractivity contribution is -0.136. The van der Waals surface area contributed by atoms with Crippen LogP contribution in [-0.4, -0.2) is 40.4 Å². The lowest BCUT2D eigenvalue weighted by atomic mass is 10.1. The molecule has 2 N–H and O–H groups in total. The standard InChI is InChI=1S/C21H22N2O5S.C2H6/c1-21(2,26)18-13-23(19(22-18)12-20(24)25)16-9-7-14(8-10-16)15-5-4-6-17(11-15)29(3,27)28;1-2/h4-11,13,26H,12H2,1-3H3,(H,24,25);1-2H3. The molecule has 0 fully saturated rings. The summed E-state index contributed by atoms with van der Waals surface area (Å²) in [6.07, 6.45) is 2.50. The summed E-state index contributed by atoms with van der Waals surface area (Å²) in [4.78, 5) is 15.7. The number of rotatable bonds is 6. The van der Waals surface area contributed by atoms with E-state index < -0.39 is 21.4 Å². The van der Waals surface area contributed by atoms with Crippen LogP contribution in [0.3, 0.4) is 0 Å². The highest BCUT2D eigenvalue weighted by Gasteiger charge is 2.23. The van der Waals surface area contributed by atoms with Crippen molar-refractivity contribution in [1.82, 2.24) is 9.55 Å². The molecule has 31 heavy (non-hydrogen) atoms. The first-order valence-corrected chi connectivity index (χ1v) is 11.8. The van der Waals surface area contributed by atoms with Gasteiger partial charge >= 0.3 is 5.97 Å². The summed E-state index contributed by atoms with van der Waals surface area (Å²) >= 11 is 0. The van der Waals surface area contributed by atoms with E-state index in [2.05, 4.69) is 4.98 Å². The number of nitrogens with zero attached hydrogens (tertiary/aromatic N) is 2. The second-order valence-electron chi connectivity index (χ2n) is 7.39. The van der Waals surface area contributed by atoms with Crippen molar-refractivity contribution in [3.63, 3.8) is 0 Å². The zero-order valence-corrected chi connectivity index (χ0v) is 19.1. The first kappa shape index (κ1) is 24.3. The second kappa shape index (κ2) is 9.45. The van der Waals surface area contributed by atoms with Gasteiger partial charge in [0.05, 0.1) is 10.6 Å². The van der Waals surface area contributed by atoms with Crippen LogP contribution in [-0.2, 0) is 26.7 Å². The van der Waals surface area contributed by atoms with Crippen LogP contribution in [0.1, 0.15) is 39.2 Å². The van der Waals surface area contributed by atoms with Crippen LogP contribution in [0.15, 0.2) is 59.6 Å². The van der Waals surface area contributed by atoms with Gasteiger partial charge < -0.3 is 14.8 Å². The monoisotopic (exact) mass is 444 g/mol. The molecule has 0 aliphatic carbocycles. The summed E-state index contributed by atoms with van der Waals surface area (Å²) in [5, 5.41) is 19.4. The number of aliphatic carboxylic acids is 1. The normalized spacial score (nSPS) is 11.5. The third kappa shape index (κ3) is 6.02. The van der Waals surface area contributed by atoms with Crippen molar-refractivity contribution in [2.75, 3.05) is 6.26 Å². The third-order valence-corrected chi connectivity index (χ3v) is 5.57. The molecule has 166 valence electrons. The van der Waals surface area contributed by atoms with Gasteiger partial charge in [-0.15, -0.1) is 0 Å². The molecule has 1 aromatic heterocycles. The van der Waals surface area contributed by atoms with Gasteiger partial charge in [-0.05, 0) is 49.2 Å². The first-order chi connectivity index (χ1) is 14.4. The Labute approximate surface area is 182 Å². The van der Waals surface area contributed by atoms with Crippen molar-refractivity contribution >= 4 is 15.8 Å². The summed E-state index contributed by atoms with van der Waals surface area (Å²) < 4.78 is 25.2. The average molecular weight is 445 g/mol. The fourth-order valence-corrected chi connectivity index (χ4v) is 3.58. The summed E-state index contributed by atoms with van der Waals surface area (Å²) in [5.74, 6) is -0.713. The Balaban J connectivity index is 0.00000166. The SMILES string of the molecule is CC.CC(C)(O)c1cn(-c2ccc(-c3cccc(S(C)(=O)=O)c3)cc2)c(CC(=O)O)n1. The number of aromatic nitrogens is 2. The van der Waals surface area contributed by atoms with Crippen molar-refractivity contribution in [2.45, 2.75) is 44.6 Å². The molecule has 3 aromatic rings. The van der Waals surface area contributed by atoms with Gasteiger partial charge in [0.25, 0.3) is 0 Å². The lowest BCUT2D eigenvalue weighted by Gasteiger charge is -2.13. The summed E-state index contributed by atoms with van der Waals surface area (Å²) in [6.45, 7) is 7.17. The molecular formula is C23H28N2O5S. The number of benzene rings is 2. The van der Waals surface area contributed by atoms with E-state index in [9.17, 15) is 18.3 Å². The summed E-state index contributed by atoms with van der Waals surface area (Å²) in [5.41, 5.74) is 1.44. The van der Waals surface area contributed by atoms with Gasteiger partial charge in [-0.2, -0.15) is 0 Å². The first-order valence-electron chi connectivity index (χ1n) is 9.89. The fraction of sp³-hybridized carbons (Fsp3) is 0.304. The molecule has 0 amide bonds. The van der Waals surface area contributed by atoms with Crippen molar-refractivity contribution in [3.8, 4) is 16.8 Å². The maximum Gasteiger partial charge on any atom is 0.311 e. The topological polar surface area (TPSA) is 109 Å². The predicted octanol–water partition coefficient (Wildman–Crippen LogP) is 3.82. The average Bonchev–Trinajstić information content (AvgIpc) is 3.13. The molecule has 0 radical (unpaired) electrons. The number of hydrogen-bond acceptors (Lipinski definition) is 5. The molecule has 0 aliphatic rings. The van der Waals surface area contributed by atoms with Gasteiger partial charge in [0.1, 0.15) is 17.8 Å². The molecule has 0 unspecified atom stereocenters. The zero-order chi connectivity index (χ0) is 23.4. The minimum atomic E-state index is -3.30. The number of carboxylic acid groups (broad SMARTS) is 1. The molecule has 0 spiro atoms. The lowest BCUT2D eigenvalue weighted by Crippen LogP contribution is -2.16. The van der Waals surface area contributed by atoms with Crippen molar-refractivity contribution in [2.24, 2.45) is 0 Å². The van der Waals surface area contributed by atoms with E-state index in [-0.39, 0.29) is 11.3 Å². The highest BCUT2D eigenvalue weighted by molar-refractivity contribution is 7.90. The van der Waals surface area contributed by atoms with E-state index in [1.807, 2.05) is 32.0 Å². The van der Waals surface area contributed by atoms with Crippen LogP contribution < -0.4 is 0 Å². The molecule has 0 atom stereocenters. The van der Waals surface area contributed by atoms with Gasteiger partial charge in [-0.1, -0.05) is 38.1 Å². The Morgan fingerprint density at radius 3 is 2.19 bits per heavy atom. The molecule has 8 heteroatoms. The number of sulfone groups is 1. The van der Waals surface area contributed by atoms with Gasteiger partial charge in [-0.3, -0.25) is 4.79 Å². The minimum absolute atomic E-state index is 0.243. The summed E-state index contributed by atoms with van der Waals surface area (Å²) in [6, 6.07) is 13.9. The molecule has 0 bridgehead atoms. The molecular weight excluding hydrogens is 416 g/mol. The fourth-order valence-electron chi connectivity index (χ4n) is 2.92. The van der Waals surface area contributed by atoms with E-state index in [4.69, 9.17) is 5.11 Å². The maximum absolute atomic E-state index is 11.8. The number of carbonyl (C=O) groups is 1. The Morgan fingerprint density at radius 1 is 1.06 bits per heavy atom. The third-order valence-electron chi connectivity index (χ3n) is 4.46. The number of hydrogen-bond donors (Lipinski definition) is 2. The number of imidazole rings is 1. The second-order valence-corrected chi connectivity index (χ2v) is 9.40. The van der Waals surface area contributed by atoms with E-state index >= 15 is 0 Å². The Hall–Kier alpha value is -2.97. The Kier molecular flexibility index (Phi) is 7.41. The summed E-state index contributed by atoms with van der Waals surface area (Å²) in [7, 11) is -3.30. The van der Waals surface area contributed by atoms with Crippen LogP contribution in [0.4, 0.5) is 0 Å². The van der Waals surface area contributed by atoms with Crippen LogP contribution in [0.2, 0.25) is 0 Å². The van der Waals surface area contributed by atoms with E-state index in [1.165, 1.54) is 6.26 Å². The van der Waals surface area contributed by atoms with Crippen molar-refractivity contribution in [3.05, 3.63) is 66.2 Å². The molecule has 1 heterocycles. The van der Waals surface area contributed by atoms with Gasteiger partial charge in [-0.25, -0.2) is 13.4 Å². The number of aliphatic hydroxyl groups is 1. The van der Waals surface area contributed by atoms with E-state index in [1.54, 1.807) is 54.9 Å². The van der Waals surface area contributed by atoms with Crippen molar-refractivity contribution in [1.29, 1.82) is 0 Å². The smallest absolute Gasteiger partial charge is 0.311 e. The van der Waals surface area contributed by atoms with E-state index in [0.717, 1.165) is 11.1 Å². The highest BCUT2D eigenvalue weighted by Crippen LogP contribution is 2.26. The van der Waals surface area contributed by atoms with Gasteiger partial charge in [0.2, 0.25) is 0 Å². The maximum atomic E-state index is 11.8. The number of carboxylic acids is 1. The largest absolute Gasteiger partial charge is 0.481 e. The van der Waals surface area contributed by atoms with Crippen LogP contribution in [0.5, 0.6) is 0 Å². The minimum Gasteiger partial charge on any atom is -0.481 e. The molecule has 7 nitrogen and oxygen atoms in total. The highest BCUT2D eigenvalue weighted by atomic mass is 32.2. The molecule has 0 saturated carbocycles. The van der Waals surface area contributed by atoms with Crippen LogP contribution in [0, 0.1) is 0 Å².